The van der Waals surface area contributed by atoms with E-state index in [0.717, 1.165) is 6.42 Å². The molecule has 2 heterocycles. The number of ketones is 1. The van der Waals surface area contributed by atoms with Crippen LogP contribution in [-0.2, 0) is 24.3 Å². The number of benzene rings is 1. The van der Waals surface area contributed by atoms with Crippen molar-refractivity contribution in [2.75, 3.05) is 10.0 Å². The van der Waals surface area contributed by atoms with E-state index in [9.17, 15) is 18.0 Å². The predicted octanol–water partition coefficient (Wildman–Crippen LogP) is 2.86. The van der Waals surface area contributed by atoms with Gasteiger partial charge in [-0.05, 0) is 50.1 Å². The van der Waals surface area contributed by atoms with E-state index < -0.39 is 28.1 Å². The maximum absolute atomic E-state index is 12.4. The van der Waals surface area contributed by atoms with Gasteiger partial charge in [0, 0.05) is 24.5 Å². The number of hydrogen-bond acceptors (Lipinski definition) is 7. The molecule has 0 saturated carbocycles. The molecule has 9 nitrogen and oxygen atoms in total. The first-order chi connectivity index (χ1) is 15.4. The third-order valence-electron chi connectivity index (χ3n) is 4.52. The summed E-state index contributed by atoms with van der Waals surface area (Å²) in [6.07, 6.45) is 10.9. The van der Waals surface area contributed by atoms with Crippen LogP contribution in [0.4, 0.5) is 11.6 Å². The van der Waals surface area contributed by atoms with Gasteiger partial charge in [-0.15, -0.1) is 0 Å². The Balaban J connectivity index is 1.48. The van der Waals surface area contributed by atoms with Gasteiger partial charge in [0.1, 0.15) is 0 Å². The first-order valence-electron chi connectivity index (χ1n) is 10.1. The van der Waals surface area contributed by atoms with Gasteiger partial charge >= 0.3 is 0 Å². The molecule has 3 rings (SSSR count). The Labute approximate surface area is 186 Å². The molecule has 2 atom stereocenters. The van der Waals surface area contributed by atoms with Crippen LogP contribution in [0.5, 0.6) is 0 Å². The van der Waals surface area contributed by atoms with Crippen molar-refractivity contribution in [3.05, 3.63) is 67.0 Å². The van der Waals surface area contributed by atoms with Crippen LogP contribution in [0, 0.1) is 0 Å². The molecule has 1 aromatic heterocycles. The zero-order valence-electron chi connectivity index (χ0n) is 17.5. The third kappa shape index (κ3) is 6.56. The number of amides is 1. The minimum Gasteiger partial charge on any atom is -0.351 e. The number of nitrogens with one attached hydrogen (secondary N) is 2. The average Bonchev–Trinajstić information content (AvgIpc) is 3.58. The van der Waals surface area contributed by atoms with E-state index in [2.05, 4.69) is 20.0 Å². The van der Waals surface area contributed by atoms with E-state index in [1.807, 2.05) is 31.2 Å². The van der Waals surface area contributed by atoms with Crippen molar-refractivity contribution >= 4 is 33.3 Å². The van der Waals surface area contributed by atoms with Crippen molar-refractivity contribution in [3.63, 3.8) is 0 Å². The van der Waals surface area contributed by atoms with Gasteiger partial charge in [-0.3, -0.25) is 9.59 Å². The zero-order valence-corrected chi connectivity index (χ0v) is 18.3. The number of aromatic nitrogens is 2. The highest BCUT2D eigenvalue weighted by Crippen LogP contribution is 2.26. The van der Waals surface area contributed by atoms with E-state index in [-0.39, 0.29) is 16.6 Å². The summed E-state index contributed by atoms with van der Waals surface area (Å²) in [6, 6.07) is 7.16. The molecule has 168 valence electrons. The van der Waals surface area contributed by atoms with Gasteiger partial charge in [-0.25, -0.2) is 23.1 Å². The van der Waals surface area contributed by atoms with E-state index in [4.69, 9.17) is 4.74 Å². The maximum atomic E-state index is 12.4. The summed E-state index contributed by atoms with van der Waals surface area (Å²) in [5.41, 5.74) is 0.388. The molecule has 10 heteroatoms. The lowest BCUT2D eigenvalue weighted by Crippen LogP contribution is -2.22. The van der Waals surface area contributed by atoms with Crippen LogP contribution in [0.25, 0.3) is 0 Å². The minimum absolute atomic E-state index is 0.0128. The Bertz CT molecular complexity index is 1100. The summed E-state index contributed by atoms with van der Waals surface area (Å²) in [4.78, 5) is 32.1. The zero-order chi connectivity index (χ0) is 23.0. The van der Waals surface area contributed by atoms with Gasteiger partial charge in [0.05, 0.1) is 4.90 Å². The minimum atomic E-state index is -3.87. The number of rotatable bonds is 11. The molecule has 1 aromatic carbocycles. The van der Waals surface area contributed by atoms with Gasteiger partial charge in [-0.1, -0.05) is 24.3 Å². The number of epoxide rings is 1. The molecule has 0 radical (unpaired) electrons. The molecule has 1 aliphatic heterocycles. The highest BCUT2D eigenvalue weighted by Gasteiger charge is 2.49. The molecule has 0 bridgehead atoms. The van der Waals surface area contributed by atoms with Gasteiger partial charge in [0.25, 0.3) is 15.9 Å². The van der Waals surface area contributed by atoms with Crippen LogP contribution in [0.2, 0.25) is 0 Å². The lowest BCUT2D eigenvalue weighted by molar-refractivity contribution is -0.121. The molecule has 0 unspecified atom stereocenters. The summed E-state index contributed by atoms with van der Waals surface area (Å²) < 4.78 is 32.3. The molecular formula is C22H24N4O5S. The number of sulfonamides is 1. The topological polar surface area (TPSA) is 131 Å². The first kappa shape index (κ1) is 23.3. The quantitative estimate of drug-likeness (QED) is 0.393. The summed E-state index contributed by atoms with van der Waals surface area (Å²) >= 11 is 0. The molecule has 0 spiro atoms. The van der Waals surface area contributed by atoms with Crippen LogP contribution >= 0.6 is 0 Å². The van der Waals surface area contributed by atoms with Crippen molar-refractivity contribution in [3.8, 4) is 0 Å². The van der Waals surface area contributed by atoms with Crippen molar-refractivity contribution in [1.29, 1.82) is 0 Å². The monoisotopic (exact) mass is 456 g/mol. The van der Waals surface area contributed by atoms with Crippen molar-refractivity contribution in [2.45, 2.75) is 43.3 Å². The Morgan fingerprint density at radius 2 is 1.78 bits per heavy atom. The fourth-order valence-electron chi connectivity index (χ4n) is 2.81. The molecular weight excluding hydrogens is 432 g/mol. The number of ether oxygens (including phenoxy) is 1. The normalized spacial score (nSPS) is 18.0. The Morgan fingerprint density at radius 3 is 2.47 bits per heavy atom. The second kappa shape index (κ2) is 10.8. The number of anilines is 2. The number of nitrogens with zero attached hydrogens (tertiary/aromatic N) is 2. The van der Waals surface area contributed by atoms with E-state index in [1.54, 1.807) is 6.07 Å². The van der Waals surface area contributed by atoms with Gasteiger partial charge < -0.3 is 10.1 Å². The molecule has 1 aliphatic rings. The Kier molecular flexibility index (Phi) is 7.85. The highest BCUT2D eigenvalue weighted by molar-refractivity contribution is 7.92. The van der Waals surface area contributed by atoms with Crippen molar-refractivity contribution in [2.24, 2.45) is 0 Å². The molecule has 32 heavy (non-hydrogen) atoms. The third-order valence-corrected chi connectivity index (χ3v) is 5.87. The Hall–Kier alpha value is -3.37. The maximum Gasteiger partial charge on any atom is 0.264 e. The molecule has 1 amide bonds. The molecule has 2 N–H and O–H groups in total. The van der Waals surface area contributed by atoms with Crippen LogP contribution < -0.4 is 10.0 Å². The molecule has 1 fully saturated rings. The second-order valence-corrected chi connectivity index (χ2v) is 8.63. The smallest absolute Gasteiger partial charge is 0.264 e. The van der Waals surface area contributed by atoms with Crippen LogP contribution in [0.1, 0.15) is 26.2 Å². The van der Waals surface area contributed by atoms with Crippen LogP contribution in [-0.4, -0.2) is 42.3 Å². The SMILES string of the molecule is C/C=C/C/C=C/CCC(=O)[C@H]1O[C@H]1C(=O)Nc1ccc(S(=O)(=O)Nc2ncccn2)cc1. The van der Waals surface area contributed by atoms with Crippen LogP contribution in [0.3, 0.4) is 0 Å². The van der Waals surface area contributed by atoms with Crippen LogP contribution in [0.15, 0.2) is 71.9 Å². The highest BCUT2D eigenvalue weighted by atomic mass is 32.2. The molecule has 2 aromatic rings. The van der Waals surface area contributed by atoms with Crippen molar-refractivity contribution < 1.29 is 22.7 Å². The summed E-state index contributed by atoms with van der Waals surface area (Å²) in [6.45, 7) is 1.95. The second-order valence-electron chi connectivity index (χ2n) is 6.95. The van der Waals surface area contributed by atoms with E-state index in [0.29, 0.717) is 18.5 Å². The largest absolute Gasteiger partial charge is 0.351 e. The van der Waals surface area contributed by atoms with E-state index in [1.165, 1.54) is 36.7 Å². The summed E-state index contributed by atoms with van der Waals surface area (Å²) in [7, 11) is -3.87. The lowest BCUT2D eigenvalue weighted by atomic mass is 10.1. The summed E-state index contributed by atoms with van der Waals surface area (Å²) in [5, 5.41) is 2.63. The van der Waals surface area contributed by atoms with Gasteiger partial charge in [0.15, 0.2) is 18.0 Å². The number of Topliss-reactive ketones (excluding diaryl/α,β-unsaturated/α-hetero) is 1. The van der Waals surface area contributed by atoms with Gasteiger partial charge in [0.2, 0.25) is 5.95 Å². The fourth-order valence-corrected chi connectivity index (χ4v) is 3.77. The van der Waals surface area contributed by atoms with Crippen molar-refractivity contribution in [1.82, 2.24) is 9.97 Å². The molecule has 0 aliphatic carbocycles. The number of hydrogen-bond donors (Lipinski definition) is 2. The molecule has 1 saturated heterocycles. The average molecular weight is 457 g/mol. The van der Waals surface area contributed by atoms with Gasteiger partial charge in [-0.2, -0.15) is 0 Å². The summed E-state index contributed by atoms with van der Waals surface area (Å²) in [5.74, 6) is -0.602. The fraction of sp³-hybridized carbons (Fsp3) is 0.273. The number of allylic oxidation sites excluding steroid dienone is 4. The predicted molar refractivity (Wildman–Crippen MR) is 119 cm³/mol. The first-order valence-corrected chi connectivity index (χ1v) is 11.5. The number of carbonyl (C=O) groups excluding carboxylic acids is 2. The Morgan fingerprint density at radius 1 is 1.06 bits per heavy atom. The number of carbonyl (C=O) groups is 2. The van der Waals surface area contributed by atoms with E-state index >= 15 is 0 Å². The standard InChI is InChI=1S/C22H24N4O5S/c1-2-3-4-5-6-7-9-18(27)19-20(31-19)21(28)25-16-10-12-17(13-11-16)32(29,30)26-22-23-14-8-15-24-22/h2-3,5-6,8,10-15,19-20H,4,7,9H2,1H3,(H,25,28)(H,23,24,26)/b3-2+,6-5+/t19-,20-/m1/s1. The lowest BCUT2D eigenvalue weighted by Gasteiger charge is -2.08.